The molecule has 0 N–H and O–H groups in total. The van der Waals surface area contributed by atoms with Crippen LogP contribution in [0.5, 0.6) is 0 Å². The molecule has 1 aliphatic carbocycles. The van der Waals surface area contributed by atoms with E-state index in [4.69, 9.17) is 0 Å². The van der Waals surface area contributed by atoms with Gasteiger partial charge in [0.25, 0.3) is 0 Å². The van der Waals surface area contributed by atoms with Crippen LogP contribution in [0.2, 0.25) is 0 Å². The lowest BCUT2D eigenvalue weighted by Crippen LogP contribution is -2.75. The molecular formula is C16H25NO2. The summed E-state index contributed by atoms with van der Waals surface area (Å²) in [6.07, 6.45) is 3.73. The number of hydrogen-bond donors (Lipinski definition) is 0. The molecule has 0 aromatic carbocycles. The minimum Gasteiger partial charge on any atom is -0.332 e. The summed E-state index contributed by atoms with van der Waals surface area (Å²) >= 11 is 0. The topological polar surface area (TPSA) is 37.4 Å². The van der Waals surface area contributed by atoms with Crippen molar-refractivity contribution in [2.24, 2.45) is 10.8 Å². The zero-order valence-corrected chi connectivity index (χ0v) is 12.7. The summed E-state index contributed by atoms with van der Waals surface area (Å²) in [6.45, 7) is 14.0. The second-order valence-corrected chi connectivity index (χ2v) is 7.80. The summed E-state index contributed by atoms with van der Waals surface area (Å²) in [5.41, 5.74) is -1.05. The van der Waals surface area contributed by atoms with E-state index in [1.165, 1.54) is 0 Å². The summed E-state index contributed by atoms with van der Waals surface area (Å²) in [5.74, 6) is 0.164. The van der Waals surface area contributed by atoms with Crippen LogP contribution < -0.4 is 0 Å². The lowest BCUT2D eigenvalue weighted by molar-refractivity contribution is -0.185. The van der Waals surface area contributed by atoms with Crippen LogP contribution in [0, 0.1) is 10.8 Å². The number of nitrogens with zero attached hydrogens (tertiary/aromatic N) is 1. The maximum Gasteiger partial charge on any atom is 0.239 e. The summed E-state index contributed by atoms with van der Waals surface area (Å²) in [6, 6.07) is -0.00762. The van der Waals surface area contributed by atoms with Gasteiger partial charge in [-0.25, -0.2) is 0 Å². The number of β-lactam (4-membered cyclic amide) rings is 1. The standard InChI is InChI=1S/C16H25NO2/c1-7-8-11-16(10-15(5,6)9-12(16)18)13(19)17(11)14(2,3)4/h7,11H,1,8-10H2,2-6H3/t11-,16?/m0/s1. The third-order valence-electron chi connectivity index (χ3n) is 4.49. The number of amides is 1. The number of likely N-dealkylation sites (tertiary alicyclic amines) is 1. The van der Waals surface area contributed by atoms with Gasteiger partial charge in [0.1, 0.15) is 5.41 Å². The molecule has 1 saturated carbocycles. The quantitative estimate of drug-likeness (QED) is 0.436. The van der Waals surface area contributed by atoms with Crippen molar-refractivity contribution < 1.29 is 9.59 Å². The summed E-state index contributed by atoms with van der Waals surface area (Å²) in [4.78, 5) is 27.0. The Hall–Kier alpha value is -1.12. The molecule has 0 aromatic rings. The van der Waals surface area contributed by atoms with E-state index in [-0.39, 0.29) is 28.7 Å². The normalized spacial score (nSPS) is 33.7. The first-order chi connectivity index (χ1) is 8.56. The molecule has 1 spiro atoms. The van der Waals surface area contributed by atoms with Crippen molar-refractivity contribution >= 4 is 11.7 Å². The van der Waals surface area contributed by atoms with Crippen LogP contribution in [0.1, 0.15) is 53.9 Å². The van der Waals surface area contributed by atoms with Crippen molar-refractivity contribution in [3.63, 3.8) is 0 Å². The van der Waals surface area contributed by atoms with Gasteiger partial charge in [0.05, 0.1) is 6.04 Å². The highest BCUT2D eigenvalue weighted by Gasteiger charge is 2.70. The molecule has 1 aliphatic heterocycles. The average Bonchev–Trinajstić information content (AvgIpc) is 2.48. The smallest absolute Gasteiger partial charge is 0.239 e. The maximum absolute atomic E-state index is 12.7. The molecule has 1 unspecified atom stereocenters. The van der Waals surface area contributed by atoms with Gasteiger partial charge >= 0.3 is 0 Å². The summed E-state index contributed by atoms with van der Waals surface area (Å²) in [5, 5.41) is 0. The highest BCUT2D eigenvalue weighted by molar-refractivity contribution is 6.13. The van der Waals surface area contributed by atoms with Gasteiger partial charge < -0.3 is 4.90 Å². The van der Waals surface area contributed by atoms with Gasteiger partial charge in [-0.15, -0.1) is 6.58 Å². The number of hydrogen-bond acceptors (Lipinski definition) is 2. The lowest BCUT2D eigenvalue weighted by Gasteiger charge is -2.59. The Morgan fingerprint density at radius 3 is 2.32 bits per heavy atom. The maximum atomic E-state index is 12.7. The van der Waals surface area contributed by atoms with E-state index in [0.717, 1.165) is 0 Å². The van der Waals surface area contributed by atoms with Crippen molar-refractivity contribution in [3.05, 3.63) is 12.7 Å². The van der Waals surface area contributed by atoms with Crippen LogP contribution in [0.25, 0.3) is 0 Å². The zero-order valence-electron chi connectivity index (χ0n) is 12.7. The molecule has 2 atom stereocenters. The predicted octanol–water partition coefficient (Wildman–Crippen LogP) is 2.95. The molecule has 0 bridgehead atoms. The Morgan fingerprint density at radius 2 is 1.95 bits per heavy atom. The summed E-state index contributed by atoms with van der Waals surface area (Å²) < 4.78 is 0. The van der Waals surface area contributed by atoms with Crippen molar-refractivity contribution in [2.75, 3.05) is 0 Å². The Morgan fingerprint density at radius 1 is 1.37 bits per heavy atom. The van der Waals surface area contributed by atoms with Crippen LogP contribution in [0.4, 0.5) is 0 Å². The Bertz CT molecular complexity index is 444. The molecule has 0 radical (unpaired) electrons. The van der Waals surface area contributed by atoms with E-state index in [0.29, 0.717) is 19.3 Å². The van der Waals surface area contributed by atoms with Crippen LogP contribution in [0.15, 0.2) is 12.7 Å². The third kappa shape index (κ3) is 1.86. The van der Waals surface area contributed by atoms with Crippen molar-refractivity contribution in [1.82, 2.24) is 4.90 Å². The predicted molar refractivity (Wildman–Crippen MR) is 75.7 cm³/mol. The minimum atomic E-state index is -0.759. The molecule has 2 fully saturated rings. The molecule has 3 nitrogen and oxygen atoms in total. The first kappa shape index (κ1) is 14.3. The van der Waals surface area contributed by atoms with Gasteiger partial charge in [0.2, 0.25) is 5.91 Å². The fourth-order valence-corrected chi connectivity index (χ4v) is 3.90. The summed E-state index contributed by atoms with van der Waals surface area (Å²) in [7, 11) is 0. The first-order valence-electron chi connectivity index (χ1n) is 7.04. The van der Waals surface area contributed by atoms with Gasteiger partial charge in [-0.05, 0) is 39.0 Å². The molecule has 19 heavy (non-hydrogen) atoms. The van der Waals surface area contributed by atoms with E-state index in [1.54, 1.807) is 0 Å². The van der Waals surface area contributed by atoms with Gasteiger partial charge in [0, 0.05) is 12.0 Å². The first-order valence-corrected chi connectivity index (χ1v) is 7.04. The molecule has 2 aliphatic rings. The average molecular weight is 263 g/mol. The molecule has 1 heterocycles. The van der Waals surface area contributed by atoms with Gasteiger partial charge in [-0.1, -0.05) is 19.9 Å². The van der Waals surface area contributed by atoms with E-state index in [9.17, 15) is 9.59 Å². The van der Waals surface area contributed by atoms with Gasteiger partial charge in [-0.2, -0.15) is 0 Å². The lowest BCUT2D eigenvalue weighted by atomic mass is 9.64. The van der Waals surface area contributed by atoms with Gasteiger partial charge in [-0.3, -0.25) is 9.59 Å². The Labute approximate surface area is 116 Å². The van der Waals surface area contributed by atoms with E-state index < -0.39 is 5.41 Å². The molecule has 0 aromatic heterocycles. The van der Waals surface area contributed by atoms with Crippen molar-refractivity contribution in [2.45, 2.75) is 65.5 Å². The number of carbonyl (C=O) groups is 2. The highest BCUT2D eigenvalue weighted by Crippen LogP contribution is 2.58. The van der Waals surface area contributed by atoms with Crippen LogP contribution in [-0.2, 0) is 9.59 Å². The van der Waals surface area contributed by atoms with Crippen molar-refractivity contribution in [1.29, 1.82) is 0 Å². The van der Waals surface area contributed by atoms with Crippen LogP contribution in [-0.4, -0.2) is 28.2 Å². The van der Waals surface area contributed by atoms with Crippen molar-refractivity contribution in [3.8, 4) is 0 Å². The molecule has 2 rings (SSSR count). The zero-order chi connectivity index (χ0) is 14.6. The van der Waals surface area contributed by atoms with Gasteiger partial charge in [0.15, 0.2) is 5.78 Å². The Balaban J connectivity index is 2.40. The number of Topliss-reactive ketones (excluding diaryl/α,β-unsaturated/α-hetero) is 1. The Kier molecular flexibility index (Phi) is 2.96. The van der Waals surface area contributed by atoms with Crippen LogP contribution in [0.3, 0.4) is 0 Å². The molecule has 106 valence electrons. The minimum absolute atomic E-state index is 0.00762. The second kappa shape index (κ2) is 3.94. The SMILES string of the molecule is C=CC[C@@H]1N(C(C)(C)C)C(=O)C12CC(C)(C)CC2=O. The van der Waals surface area contributed by atoms with Crippen LogP contribution >= 0.6 is 0 Å². The second-order valence-electron chi connectivity index (χ2n) is 7.80. The van der Waals surface area contributed by atoms with E-state index >= 15 is 0 Å². The number of carbonyl (C=O) groups excluding carboxylic acids is 2. The molecule has 3 heteroatoms. The van der Waals surface area contributed by atoms with E-state index in [1.807, 2.05) is 31.7 Å². The molecule has 1 amide bonds. The monoisotopic (exact) mass is 263 g/mol. The third-order valence-corrected chi connectivity index (χ3v) is 4.49. The number of rotatable bonds is 2. The highest BCUT2D eigenvalue weighted by atomic mass is 16.2. The fraction of sp³-hybridized carbons (Fsp3) is 0.750. The number of ketones is 1. The molecule has 1 saturated heterocycles. The molecular weight excluding hydrogens is 238 g/mol. The largest absolute Gasteiger partial charge is 0.332 e. The van der Waals surface area contributed by atoms with E-state index in [2.05, 4.69) is 20.4 Å². The fourth-order valence-electron chi connectivity index (χ4n) is 3.90.